The predicted molar refractivity (Wildman–Crippen MR) is 42.4 cm³/mol. The highest BCUT2D eigenvalue weighted by Crippen LogP contribution is 2.28. The average molecular weight is 202 g/mol. The SMILES string of the molecule is Nc1cnc2cc(C(F)(F)F)nn2c1. The van der Waals surface area contributed by atoms with Crippen LogP contribution >= 0.6 is 0 Å². The Kier molecular flexibility index (Phi) is 1.63. The normalized spacial score (nSPS) is 12.2. The molecule has 0 atom stereocenters. The average Bonchev–Trinajstić information content (AvgIpc) is 2.45. The Balaban J connectivity index is 2.63. The van der Waals surface area contributed by atoms with E-state index in [0.717, 1.165) is 10.6 Å². The molecular formula is C7H5F3N4. The first-order valence-corrected chi connectivity index (χ1v) is 3.65. The number of hydrogen-bond acceptors (Lipinski definition) is 3. The lowest BCUT2D eigenvalue weighted by Crippen LogP contribution is -2.05. The van der Waals surface area contributed by atoms with E-state index in [1.54, 1.807) is 0 Å². The van der Waals surface area contributed by atoms with Crippen LogP contribution in [0.3, 0.4) is 0 Å². The summed E-state index contributed by atoms with van der Waals surface area (Å²) < 4.78 is 37.6. The Bertz CT molecular complexity index is 473. The van der Waals surface area contributed by atoms with Crippen LogP contribution in [0.5, 0.6) is 0 Å². The summed E-state index contributed by atoms with van der Waals surface area (Å²) in [6, 6.07) is 0.861. The van der Waals surface area contributed by atoms with Crippen molar-refractivity contribution in [2.24, 2.45) is 0 Å². The lowest BCUT2D eigenvalue weighted by molar-refractivity contribution is -0.141. The van der Waals surface area contributed by atoms with Crippen LogP contribution < -0.4 is 5.73 Å². The van der Waals surface area contributed by atoms with E-state index in [1.165, 1.54) is 12.4 Å². The maximum Gasteiger partial charge on any atom is 0.435 e. The number of nitrogens with two attached hydrogens (primary N) is 1. The molecule has 0 bridgehead atoms. The summed E-state index contributed by atoms with van der Waals surface area (Å²) in [6.07, 6.45) is -1.91. The number of aromatic nitrogens is 3. The molecule has 2 heterocycles. The molecule has 0 aliphatic rings. The molecule has 2 aromatic rings. The molecule has 0 fully saturated rings. The molecule has 2 aromatic heterocycles. The number of alkyl halides is 3. The minimum absolute atomic E-state index is 0.117. The molecule has 0 saturated carbocycles. The zero-order valence-corrected chi connectivity index (χ0v) is 6.78. The Labute approximate surface area is 76.2 Å². The van der Waals surface area contributed by atoms with Gasteiger partial charge in [-0.2, -0.15) is 18.3 Å². The van der Waals surface area contributed by atoms with E-state index in [4.69, 9.17) is 5.73 Å². The van der Waals surface area contributed by atoms with Gasteiger partial charge in [0.1, 0.15) is 0 Å². The fourth-order valence-corrected chi connectivity index (χ4v) is 1.03. The molecule has 2 N–H and O–H groups in total. The molecule has 0 aromatic carbocycles. The van der Waals surface area contributed by atoms with Crippen LogP contribution in [-0.2, 0) is 6.18 Å². The molecular weight excluding hydrogens is 197 g/mol. The first-order chi connectivity index (χ1) is 6.47. The van der Waals surface area contributed by atoms with Crippen LogP contribution in [-0.4, -0.2) is 14.6 Å². The first kappa shape index (κ1) is 8.79. The fraction of sp³-hybridized carbons (Fsp3) is 0.143. The van der Waals surface area contributed by atoms with Gasteiger partial charge >= 0.3 is 6.18 Å². The topological polar surface area (TPSA) is 56.2 Å². The summed E-state index contributed by atoms with van der Waals surface area (Å²) in [6.45, 7) is 0. The van der Waals surface area contributed by atoms with Gasteiger partial charge in [0.25, 0.3) is 0 Å². The number of fused-ring (bicyclic) bond motifs is 1. The summed E-state index contributed by atoms with van der Waals surface area (Å²) in [5.41, 5.74) is 4.74. The Hall–Kier alpha value is -1.79. The number of rotatable bonds is 0. The van der Waals surface area contributed by atoms with Crippen LogP contribution in [0.25, 0.3) is 5.65 Å². The minimum Gasteiger partial charge on any atom is -0.396 e. The van der Waals surface area contributed by atoms with Crippen LogP contribution in [0.2, 0.25) is 0 Å². The monoisotopic (exact) mass is 202 g/mol. The van der Waals surface area contributed by atoms with Crippen molar-refractivity contribution in [1.82, 2.24) is 14.6 Å². The van der Waals surface area contributed by atoms with Crippen molar-refractivity contribution >= 4 is 11.3 Å². The van der Waals surface area contributed by atoms with E-state index >= 15 is 0 Å². The van der Waals surface area contributed by atoms with Gasteiger partial charge < -0.3 is 5.73 Å². The highest BCUT2D eigenvalue weighted by atomic mass is 19.4. The highest BCUT2D eigenvalue weighted by Gasteiger charge is 2.34. The van der Waals surface area contributed by atoms with E-state index in [0.29, 0.717) is 0 Å². The smallest absolute Gasteiger partial charge is 0.396 e. The van der Waals surface area contributed by atoms with Crippen molar-refractivity contribution in [2.75, 3.05) is 5.73 Å². The van der Waals surface area contributed by atoms with Crippen LogP contribution in [0.1, 0.15) is 5.69 Å². The molecule has 74 valence electrons. The van der Waals surface area contributed by atoms with Crippen molar-refractivity contribution in [2.45, 2.75) is 6.18 Å². The second kappa shape index (κ2) is 2.60. The maximum atomic E-state index is 12.2. The van der Waals surface area contributed by atoms with E-state index in [2.05, 4.69) is 10.1 Å². The van der Waals surface area contributed by atoms with Gasteiger partial charge in [0.15, 0.2) is 11.3 Å². The van der Waals surface area contributed by atoms with Gasteiger partial charge in [-0.15, -0.1) is 0 Å². The number of nitrogens with zero attached hydrogens (tertiary/aromatic N) is 3. The lowest BCUT2D eigenvalue weighted by atomic mass is 10.4. The van der Waals surface area contributed by atoms with Gasteiger partial charge in [-0.1, -0.05) is 0 Å². The lowest BCUT2D eigenvalue weighted by Gasteiger charge is -1.98. The van der Waals surface area contributed by atoms with Gasteiger partial charge in [-0.05, 0) is 0 Å². The number of halogens is 3. The molecule has 4 nitrogen and oxygen atoms in total. The number of nitrogen functional groups attached to an aromatic ring is 1. The highest BCUT2D eigenvalue weighted by molar-refractivity contribution is 5.44. The third kappa shape index (κ3) is 1.36. The molecule has 0 amide bonds. The Morgan fingerprint density at radius 1 is 1.36 bits per heavy atom. The molecule has 14 heavy (non-hydrogen) atoms. The van der Waals surface area contributed by atoms with Gasteiger partial charge in [-0.3, -0.25) is 0 Å². The Morgan fingerprint density at radius 2 is 2.07 bits per heavy atom. The van der Waals surface area contributed by atoms with E-state index in [-0.39, 0.29) is 11.3 Å². The van der Waals surface area contributed by atoms with Gasteiger partial charge in [0.2, 0.25) is 0 Å². The third-order valence-electron chi connectivity index (χ3n) is 1.62. The number of hydrogen-bond donors (Lipinski definition) is 1. The first-order valence-electron chi connectivity index (χ1n) is 3.65. The minimum atomic E-state index is -4.46. The summed E-state index contributed by atoms with van der Waals surface area (Å²) >= 11 is 0. The molecule has 0 spiro atoms. The zero-order valence-electron chi connectivity index (χ0n) is 6.78. The zero-order chi connectivity index (χ0) is 10.3. The van der Waals surface area contributed by atoms with Gasteiger partial charge in [0.05, 0.1) is 18.1 Å². The summed E-state index contributed by atoms with van der Waals surface area (Å²) in [5, 5.41) is 3.29. The van der Waals surface area contributed by atoms with E-state index in [9.17, 15) is 13.2 Å². The predicted octanol–water partition coefficient (Wildman–Crippen LogP) is 1.33. The van der Waals surface area contributed by atoms with Crippen molar-refractivity contribution < 1.29 is 13.2 Å². The van der Waals surface area contributed by atoms with Crippen LogP contribution in [0.4, 0.5) is 18.9 Å². The fourth-order valence-electron chi connectivity index (χ4n) is 1.03. The van der Waals surface area contributed by atoms with Crippen molar-refractivity contribution in [1.29, 1.82) is 0 Å². The molecule has 7 heteroatoms. The molecule has 0 aliphatic heterocycles. The van der Waals surface area contributed by atoms with Crippen LogP contribution in [0, 0.1) is 0 Å². The summed E-state index contributed by atoms with van der Waals surface area (Å²) in [7, 11) is 0. The van der Waals surface area contributed by atoms with Crippen molar-refractivity contribution in [3.63, 3.8) is 0 Å². The quantitative estimate of drug-likeness (QED) is 0.701. The summed E-state index contributed by atoms with van der Waals surface area (Å²) in [4.78, 5) is 3.69. The van der Waals surface area contributed by atoms with Crippen LogP contribution in [0.15, 0.2) is 18.5 Å². The maximum absolute atomic E-state index is 12.2. The molecule has 0 unspecified atom stereocenters. The summed E-state index contributed by atoms with van der Waals surface area (Å²) in [5.74, 6) is 0. The molecule has 0 saturated heterocycles. The van der Waals surface area contributed by atoms with E-state index < -0.39 is 11.9 Å². The second-order valence-corrected chi connectivity index (χ2v) is 2.72. The van der Waals surface area contributed by atoms with E-state index in [1.807, 2.05) is 0 Å². The third-order valence-corrected chi connectivity index (χ3v) is 1.62. The second-order valence-electron chi connectivity index (χ2n) is 2.72. The standard InChI is InChI=1S/C7H5F3N4/c8-7(9,10)5-1-6-12-2-4(11)3-14(6)13-5/h1-3H,11H2. The van der Waals surface area contributed by atoms with Gasteiger partial charge in [0, 0.05) is 6.07 Å². The van der Waals surface area contributed by atoms with Crippen molar-refractivity contribution in [3.8, 4) is 0 Å². The Morgan fingerprint density at radius 3 is 2.71 bits per heavy atom. The number of anilines is 1. The largest absolute Gasteiger partial charge is 0.435 e. The van der Waals surface area contributed by atoms with Crippen molar-refractivity contribution in [3.05, 3.63) is 24.2 Å². The molecule has 2 rings (SSSR count). The van der Waals surface area contributed by atoms with Gasteiger partial charge in [-0.25, -0.2) is 9.50 Å². The molecule has 0 radical (unpaired) electrons. The molecule has 0 aliphatic carbocycles.